The second kappa shape index (κ2) is 11.7. The molecule has 0 spiro atoms. The Morgan fingerprint density at radius 1 is 1.06 bits per heavy atom. The normalized spacial score (nSPS) is 16.5. The highest BCUT2D eigenvalue weighted by Crippen LogP contribution is 2.23. The third kappa shape index (κ3) is 7.89. The zero-order valence-electron chi connectivity index (χ0n) is 19.3. The Morgan fingerprint density at radius 2 is 1.77 bits per heavy atom. The van der Waals surface area contributed by atoms with Crippen LogP contribution in [-0.4, -0.2) is 42.3 Å². The number of ether oxygens (including phenoxy) is 1. The van der Waals surface area contributed by atoms with E-state index in [2.05, 4.69) is 17.8 Å². The molecular formula is C24H37N3O4. The molecule has 0 saturated carbocycles. The fourth-order valence-electron chi connectivity index (χ4n) is 3.56. The maximum atomic E-state index is 12.5. The van der Waals surface area contributed by atoms with Gasteiger partial charge < -0.3 is 9.64 Å². The van der Waals surface area contributed by atoms with Crippen molar-refractivity contribution in [2.75, 3.05) is 19.7 Å². The van der Waals surface area contributed by atoms with Crippen molar-refractivity contribution in [1.82, 2.24) is 15.8 Å². The van der Waals surface area contributed by atoms with Crippen LogP contribution in [0, 0.1) is 11.3 Å². The van der Waals surface area contributed by atoms with E-state index in [1.807, 2.05) is 20.8 Å². The van der Waals surface area contributed by atoms with E-state index in [0.29, 0.717) is 31.7 Å². The molecule has 31 heavy (non-hydrogen) atoms. The largest absolute Gasteiger partial charge is 0.494 e. The van der Waals surface area contributed by atoms with E-state index >= 15 is 0 Å². The third-order valence-corrected chi connectivity index (χ3v) is 5.40. The molecule has 7 heteroatoms. The van der Waals surface area contributed by atoms with Crippen LogP contribution in [0.1, 0.15) is 76.6 Å². The molecule has 3 amide bonds. The van der Waals surface area contributed by atoms with E-state index < -0.39 is 5.41 Å². The molecule has 1 fully saturated rings. The molecule has 1 atom stereocenters. The van der Waals surface area contributed by atoms with Crippen molar-refractivity contribution in [3.63, 3.8) is 0 Å². The van der Waals surface area contributed by atoms with Crippen molar-refractivity contribution < 1.29 is 19.1 Å². The molecule has 1 saturated heterocycles. The lowest BCUT2D eigenvalue weighted by molar-refractivity contribution is -0.143. The Kier molecular flexibility index (Phi) is 9.34. The molecule has 2 rings (SSSR count). The molecule has 7 nitrogen and oxygen atoms in total. The first-order chi connectivity index (χ1) is 14.7. The van der Waals surface area contributed by atoms with Crippen LogP contribution < -0.4 is 15.6 Å². The van der Waals surface area contributed by atoms with E-state index in [9.17, 15) is 14.4 Å². The highest BCUT2D eigenvalue weighted by Gasteiger charge is 2.33. The second-order valence-electron chi connectivity index (χ2n) is 9.22. The van der Waals surface area contributed by atoms with Gasteiger partial charge in [0.2, 0.25) is 11.8 Å². The van der Waals surface area contributed by atoms with E-state index in [1.165, 1.54) is 12.8 Å². The standard InChI is InChI=1S/C24H37N3O4/c1-5-6-7-8-16-31-20-13-11-18(12-14-20)21(28)25-26-22(29)19-10-9-15-27(17-19)23(30)24(2,3)4/h11-14,19H,5-10,15-17H2,1-4H3,(H,25,28)(H,26,29). The summed E-state index contributed by atoms with van der Waals surface area (Å²) in [5.41, 5.74) is 4.95. The van der Waals surface area contributed by atoms with Gasteiger partial charge in [-0.25, -0.2) is 0 Å². The van der Waals surface area contributed by atoms with Crippen LogP contribution in [-0.2, 0) is 9.59 Å². The Bertz CT molecular complexity index is 740. The van der Waals surface area contributed by atoms with Crippen LogP contribution in [0.5, 0.6) is 5.75 Å². The number of hydrogen-bond donors (Lipinski definition) is 2. The lowest BCUT2D eigenvalue weighted by Gasteiger charge is -2.35. The highest BCUT2D eigenvalue weighted by atomic mass is 16.5. The quantitative estimate of drug-likeness (QED) is 0.485. The van der Waals surface area contributed by atoms with Gasteiger partial charge in [-0.3, -0.25) is 25.2 Å². The van der Waals surface area contributed by atoms with Gasteiger partial charge in [0.15, 0.2) is 0 Å². The number of carbonyl (C=O) groups excluding carboxylic acids is 3. The first-order valence-electron chi connectivity index (χ1n) is 11.3. The Morgan fingerprint density at radius 3 is 2.42 bits per heavy atom. The van der Waals surface area contributed by atoms with Crippen molar-refractivity contribution in [1.29, 1.82) is 0 Å². The zero-order valence-corrected chi connectivity index (χ0v) is 19.3. The number of nitrogens with one attached hydrogen (secondary N) is 2. The molecule has 2 N–H and O–H groups in total. The molecule has 0 radical (unpaired) electrons. The zero-order chi connectivity index (χ0) is 22.9. The molecule has 1 aliphatic rings. The van der Waals surface area contributed by atoms with Gasteiger partial charge in [0.05, 0.1) is 12.5 Å². The summed E-state index contributed by atoms with van der Waals surface area (Å²) in [6.45, 7) is 9.51. The number of hydrogen-bond acceptors (Lipinski definition) is 4. The van der Waals surface area contributed by atoms with Gasteiger partial charge in [0.25, 0.3) is 5.91 Å². The lowest BCUT2D eigenvalue weighted by Crippen LogP contribution is -2.51. The number of benzene rings is 1. The average Bonchev–Trinajstić information content (AvgIpc) is 2.76. The highest BCUT2D eigenvalue weighted by molar-refractivity contribution is 5.95. The molecule has 0 aromatic heterocycles. The minimum Gasteiger partial charge on any atom is -0.494 e. The van der Waals surface area contributed by atoms with Gasteiger partial charge >= 0.3 is 0 Å². The number of likely N-dealkylation sites (tertiary alicyclic amines) is 1. The Hall–Kier alpha value is -2.57. The number of amides is 3. The third-order valence-electron chi connectivity index (χ3n) is 5.40. The summed E-state index contributed by atoms with van der Waals surface area (Å²) in [4.78, 5) is 39.1. The van der Waals surface area contributed by atoms with E-state index in [4.69, 9.17) is 4.74 Å². The molecule has 172 valence electrons. The molecule has 1 aliphatic heterocycles. The minimum atomic E-state index is -0.474. The van der Waals surface area contributed by atoms with Crippen molar-refractivity contribution >= 4 is 17.7 Å². The molecule has 0 bridgehead atoms. The summed E-state index contributed by atoms with van der Waals surface area (Å²) >= 11 is 0. The van der Waals surface area contributed by atoms with Gasteiger partial charge in [-0.15, -0.1) is 0 Å². The summed E-state index contributed by atoms with van der Waals surface area (Å²) in [5, 5.41) is 0. The smallest absolute Gasteiger partial charge is 0.269 e. The molecular weight excluding hydrogens is 394 g/mol. The number of piperidine rings is 1. The van der Waals surface area contributed by atoms with E-state index in [1.54, 1.807) is 29.2 Å². The predicted octanol–water partition coefficient (Wildman–Crippen LogP) is 3.69. The molecule has 1 aromatic carbocycles. The number of carbonyl (C=O) groups is 3. The van der Waals surface area contributed by atoms with Gasteiger partial charge in [-0.1, -0.05) is 47.0 Å². The monoisotopic (exact) mass is 431 g/mol. The molecule has 1 aromatic rings. The number of nitrogens with zero attached hydrogens (tertiary/aromatic N) is 1. The molecule has 0 aliphatic carbocycles. The summed E-state index contributed by atoms with van der Waals surface area (Å²) in [7, 11) is 0. The number of hydrazine groups is 1. The van der Waals surface area contributed by atoms with Crippen molar-refractivity contribution in [2.45, 2.75) is 66.2 Å². The minimum absolute atomic E-state index is 0.0432. The van der Waals surface area contributed by atoms with E-state index in [-0.39, 0.29) is 23.6 Å². The van der Waals surface area contributed by atoms with E-state index in [0.717, 1.165) is 25.0 Å². The fourth-order valence-corrected chi connectivity index (χ4v) is 3.56. The van der Waals surface area contributed by atoms with Crippen LogP contribution in [0.4, 0.5) is 0 Å². The Labute approximate surface area is 185 Å². The summed E-state index contributed by atoms with van der Waals surface area (Å²) in [5.74, 6) is -0.221. The van der Waals surface area contributed by atoms with Gasteiger partial charge in [-0.2, -0.15) is 0 Å². The first-order valence-corrected chi connectivity index (χ1v) is 11.3. The van der Waals surface area contributed by atoms with Crippen LogP contribution >= 0.6 is 0 Å². The maximum Gasteiger partial charge on any atom is 0.269 e. The topological polar surface area (TPSA) is 87.7 Å². The maximum absolute atomic E-state index is 12.5. The van der Waals surface area contributed by atoms with Crippen LogP contribution in [0.25, 0.3) is 0 Å². The van der Waals surface area contributed by atoms with Crippen molar-refractivity contribution in [3.8, 4) is 5.75 Å². The fraction of sp³-hybridized carbons (Fsp3) is 0.625. The molecule has 1 heterocycles. The number of unbranched alkanes of at least 4 members (excludes halogenated alkanes) is 3. The van der Waals surface area contributed by atoms with Crippen LogP contribution in [0.15, 0.2) is 24.3 Å². The second-order valence-corrected chi connectivity index (χ2v) is 9.22. The predicted molar refractivity (Wildman–Crippen MR) is 120 cm³/mol. The first kappa shape index (κ1) is 24.7. The summed E-state index contributed by atoms with van der Waals surface area (Å²) in [6.07, 6.45) is 6.03. The summed E-state index contributed by atoms with van der Waals surface area (Å²) in [6, 6.07) is 6.86. The van der Waals surface area contributed by atoms with Crippen molar-refractivity contribution in [2.24, 2.45) is 11.3 Å². The van der Waals surface area contributed by atoms with Crippen LogP contribution in [0.2, 0.25) is 0 Å². The van der Waals surface area contributed by atoms with Crippen molar-refractivity contribution in [3.05, 3.63) is 29.8 Å². The lowest BCUT2D eigenvalue weighted by atomic mass is 9.91. The Balaban J connectivity index is 1.78. The van der Waals surface area contributed by atoms with Gasteiger partial charge in [0.1, 0.15) is 5.75 Å². The van der Waals surface area contributed by atoms with Gasteiger partial charge in [0, 0.05) is 24.1 Å². The number of rotatable bonds is 8. The van der Waals surface area contributed by atoms with Crippen LogP contribution in [0.3, 0.4) is 0 Å². The summed E-state index contributed by atoms with van der Waals surface area (Å²) < 4.78 is 5.68. The van der Waals surface area contributed by atoms with Gasteiger partial charge in [-0.05, 0) is 43.5 Å². The molecule has 1 unspecified atom stereocenters. The SMILES string of the molecule is CCCCCCOc1ccc(C(=O)NNC(=O)C2CCCN(C(=O)C(C)(C)C)C2)cc1. The average molecular weight is 432 g/mol.